The molecular weight excluding hydrogens is 633 g/mol. The van der Waals surface area contributed by atoms with Crippen LogP contribution in [0.4, 0.5) is 4.39 Å². The number of esters is 1. The van der Waals surface area contributed by atoms with Crippen molar-refractivity contribution in [2.24, 2.45) is 22.7 Å². The van der Waals surface area contributed by atoms with Crippen LogP contribution in [-0.2, 0) is 14.3 Å². The number of ether oxygens (including phenoxy) is 2. The average molecular weight is 666 g/mol. The predicted molar refractivity (Wildman–Crippen MR) is 169 cm³/mol. The van der Waals surface area contributed by atoms with Gasteiger partial charge in [0.05, 0.1) is 28.5 Å². The van der Waals surface area contributed by atoms with E-state index < -0.39 is 51.1 Å². The van der Waals surface area contributed by atoms with E-state index in [9.17, 15) is 29.9 Å². The molecule has 4 aliphatic carbocycles. The van der Waals surface area contributed by atoms with Crippen LogP contribution in [0.25, 0.3) is 0 Å². The van der Waals surface area contributed by atoms with Gasteiger partial charge in [0.25, 0.3) is 0 Å². The third kappa shape index (κ3) is 4.78. The van der Waals surface area contributed by atoms with Crippen LogP contribution >= 0.6 is 23.4 Å². The van der Waals surface area contributed by atoms with Crippen LogP contribution in [0.15, 0.2) is 66.3 Å². The highest BCUT2D eigenvalue weighted by Crippen LogP contribution is 2.70. The van der Waals surface area contributed by atoms with Gasteiger partial charge in [-0.05, 0) is 93.5 Å². The molecule has 0 bridgehead atoms. The molecule has 0 amide bonds. The fourth-order valence-corrected chi connectivity index (χ4v) is 9.50. The molecule has 240 valence electrons. The number of halogens is 2. The summed E-state index contributed by atoms with van der Waals surface area (Å²) < 4.78 is 29.5. The van der Waals surface area contributed by atoms with E-state index in [2.05, 4.69) is 0 Å². The van der Waals surface area contributed by atoms with Crippen molar-refractivity contribution in [3.8, 4) is 23.3 Å². The number of carbonyl (C=O) groups excluding carboxylic acids is 3. The molecule has 4 aliphatic rings. The highest BCUT2D eigenvalue weighted by Gasteiger charge is 2.75. The number of aliphatic hydroxyl groups excluding tert-OH is 1. The first kappa shape index (κ1) is 32.3. The maximum atomic E-state index is 17.6. The predicted octanol–water partition coefficient (Wildman–Crippen LogP) is 6.89. The Morgan fingerprint density at radius 2 is 1.85 bits per heavy atom. The molecule has 8 nitrogen and oxygen atoms in total. The lowest BCUT2D eigenvalue weighted by Crippen LogP contribution is -2.69. The van der Waals surface area contributed by atoms with Gasteiger partial charge in [0.2, 0.25) is 5.12 Å². The van der Waals surface area contributed by atoms with Gasteiger partial charge in [-0.2, -0.15) is 5.26 Å². The number of alkyl halides is 1. The summed E-state index contributed by atoms with van der Waals surface area (Å²) in [4.78, 5) is 39.9. The van der Waals surface area contributed by atoms with E-state index in [1.165, 1.54) is 42.5 Å². The summed E-state index contributed by atoms with van der Waals surface area (Å²) in [7, 11) is 0. The molecule has 3 unspecified atom stereocenters. The quantitative estimate of drug-likeness (QED) is 0.316. The van der Waals surface area contributed by atoms with Gasteiger partial charge in [-0.1, -0.05) is 41.9 Å². The first-order valence-corrected chi connectivity index (χ1v) is 16.5. The van der Waals surface area contributed by atoms with Crippen molar-refractivity contribution in [1.82, 2.24) is 0 Å². The summed E-state index contributed by atoms with van der Waals surface area (Å²) in [6, 6.07) is 12.4. The third-order valence-corrected chi connectivity index (χ3v) is 12.0. The van der Waals surface area contributed by atoms with E-state index in [1.807, 2.05) is 6.07 Å². The van der Waals surface area contributed by atoms with Crippen molar-refractivity contribution in [3.05, 3.63) is 76.9 Å². The third-order valence-electron chi connectivity index (χ3n) is 10.9. The van der Waals surface area contributed by atoms with Gasteiger partial charge < -0.3 is 19.7 Å². The number of ketones is 1. The number of thioether (sulfide) groups is 1. The van der Waals surface area contributed by atoms with E-state index in [-0.39, 0.29) is 40.7 Å². The smallest absolute Gasteiger partial charge is 0.339 e. The lowest BCUT2D eigenvalue weighted by Gasteiger charge is -2.62. The van der Waals surface area contributed by atoms with Crippen LogP contribution in [0.5, 0.6) is 17.2 Å². The Balaban J connectivity index is 1.31. The number of carbonyl (C=O) groups is 3. The van der Waals surface area contributed by atoms with E-state index in [4.69, 9.17) is 21.1 Å². The fraction of sp³-hybridized carbons (Fsp3) is 0.429. The van der Waals surface area contributed by atoms with Crippen molar-refractivity contribution in [1.29, 1.82) is 5.26 Å². The number of phenolic OH excluding ortho intramolecular Hbond substituents is 1. The zero-order valence-electron chi connectivity index (χ0n) is 25.3. The number of phenols is 1. The number of allylic oxidation sites excluding steroid dienone is 4. The molecule has 0 saturated heterocycles. The summed E-state index contributed by atoms with van der Waals surface area (Å²) in [6.07, 6.45) is 4.07. The lowest BCUT2D eigenvalue weighted by atomic mass is 9.45. The summed E-state index contributed by atoms with van der Waals surface area (Å²) in [6.45, 7) is 3.51. The number of benzene rings is 2. The first-order valence-electron chi connectivity index (χ1n) is 15.1. The number of hydrogen-bond donors (Lipinski definition) is 2. The first-order chi connectivity index (χ1) is 21.8. The maximum absolute atomic E-state index is 17.6. The Labute approximate surface area is 275 Å². The Morgan fingerprint density at radius 3 is 2.54 bits per heavy atom. The van der Waals surface area contributed by atoms with Crippen LogP contribution in [-0.4, -0.2) is 50.2 Å². The van der Waals surface area contributed by atoms with Crippen LogP contribution < -0.4 is 4.74 Å². The molecule has 6 rings (SSSR count). The standard InChI is InChI=1S/C35H33ClFNO7S/c1-32-13-11-22(39)17-21(32)5-9-26-25-12-14-34(31(43)46-16-15-38,33(25,2)19-29(41)35(26,32)37)45-30(42)20-3-6-23(7-4-20)44-24-8-10-28(40)27(36)18-24/h3-4,6-8,10-11,13,17-18,25-26,29,40-41H,5,9,12,14,16,19H2,1-2H3/t25?,26?,29-,32-,33-,34-,35?/m0/s1. The zero-order valence-corrected chi connectivity index (χ0v) is 26.9. The summed E-state index contributed by atoms with van der Waals surface area (Å²) in [5.41, 5.74) is -5.34. The number of nitriles is 1. The molecule has 0 aromatic heterocycles. The average Bonchev–Trinajstić information content (AvgIpc) is 3.31. The molecule has 0 heterocycles. The van der Waals surface area contributed by atoms with E-state index in [0.29, 0.717) is 36.3 Å². The number of rotatable bonds is 6. The lowest BCUT2D eigenvalue weighted by molar-refractivity contribution is -0.214. The van der Waals surface area contributed by atoms with Crippen molar-refractivity contribution in [3.63, 3.8) is 0 Å². The van der Waals surface area contributed by atoms with Gasteiger partial charge >= 0.3 is 5.97 Å². The van der Waals surface area contributed by atoms with Gasteiger partial charge in [0.15, 0.2) is 17.1 Å². The molecule has 7 atom stereocenters. The molecular formula is C35H33ClFNO7S. The normalized spacial score (nSPS) is 34.4. The number of hydrogen-bond acceptors (Lipinski definition) is 9. The molecule has 11 heteroatoms. The van der Waals surface area contributed by atoms with E-state index in [1.54, 1.807) is 32.1 Å². The molecule has 2 N–H and O–H groups in total. The Bertz CT molecular complexity index is 1720. The monoisotopic (exact) mass is 665 g/mol. The topological polar surface area (TPSA) is 134 Å². The Hall–Kier alpha value is -3.65. The highest BCUT2D eigenvalue weighted by molar-refractivity contribution is 8.14. The minimum absolute atomic E-state index is 0.0874. The van der Waals surface area contributed by atoms with Crippen LogP contribution in [0.1, 0.15) is 56.3 Å². The maximum Gasteiger partial charge on any atom is 0.339 e. The molecule has 0 spiro atoms. The molecule has 2 aromatic rings. The van der Waals surface area contributed by atoms with Crippen LogP contribution in [0, 0.1) is 34.0 Å². The number of aromatic hydroxyl groups is 1. The number of aliphatic hydroxyl groups is 1. The Morgan fingerprint density at radius 1 is 1.13 bits per heavy atom. The van der Waals surface area contributed by atoms with Crippen molar-refractivity contribution < 1.29 is 38.5 Å². The minimum Gasteiger partial charge on any atom is -0.506 e. The van der Waals surface area contributed by atoms with Gasteiger partial charge in [-0.3, -0.25) is 9.59 Å². The molecule has 46 heavy (non-hydrogen) atoms. The number of fused-ring (bicyclic) bond motifs is 5. The minimum atomic E-state index is -2.10. The molecule has 2 aromatic carbocycles. The van der Waals surface area contributed by atoms with Gasteiger partial charge in [0, 0.05) is 22.8 Å². The SMILES string of the molecule is C[C@]12C=CC(=O)C=C1CCC1C3CC[C@](OC(=O)c4ccc(Oc5ccc(O)c(Cl)c5)cc4)(C(=O)SCC#N)[C@@]3(C)C[C@H](O)C12F. The second kappa shape index (κ2) is 11.5. The van der Waals surface area contributed by atoms with Crippen molar-refractivity contribution in [2.75, 3.05) is 5.75 Å². The molecule has 3 saturated carbocycles. The highest BCUT2D eigenvalue weighted by atomic mass is 35.5. The van der Waals surface area contributed by atoms with E-state index in [0.717, 1.165) is 11.8 Å². The second-order valence-corrected chi connectivity index (χ2v) is 14.3. The van der Waals surface area contributed by atoms with Gasteiger partial charge in [-0.15, -0.1) is 0 Å². The summed E-state index contributed by atoms with van der Waals surface area (Å²) in [5, 5.41) is 30.2. The molecule has 3 fully saturated rings. The van der Waals surface area contributed by atoms with Crippen molar-refractivity contribution >= 4 is 40.2 Å². The van der Waals surface area contributed by atoms with E-state index >= 15 is 4.39 Å². The fourth-order valence-electron chi connectivity index (χ4n) is 8.52. The Kier molecular flexibility index (Phi) is 8.11. The van der Waals surface area contributed by atoms with Crippen LogP contribution in [0.2, 0.25) is 5.02 Å². The zero-order chi connectivity index (χ0) is 33.1. The largest absolute Gasteiger partial charge is 0.506 e. The molecule has 0 radical (unpaired) electrons. The van der Waals surface area contributed by atoms with Crippen molar-refractivity contribution in [2.45, 2.75) is 63.3 Å². The second-order valence-electron chi connectivity index (χ2n) is 13.0. The van der Waals surface area contributed by atoms with Crippen LogP contribution in [0.3, 0.4) is 0 Å². The summed E-state index contributed by atoms with van der Waals surface area (Å²) in [5.74, 6) is -1.55. The summed E-state index contributed by atoms with van der Waals surface area (Å²) >= 11 is 6.72. The van der Waals surface area contributed by atoms with Gasteiger partial charge in [0.1, 0.15) is 17.2 Å². The molecule has 0 aliphatic heterocycles. The van der Waals surface area contributed by atoms with Gasteiger partial charge in [-0.25, -0.2) is 9.18 Å². The number of nitrogens with zero attached hydrogens (tertiary/aromatic N) is 1.